The smallest absolute Gasteiger partial charge is 0.248 e. The second kappa shape index (κ2) is 7.86. The molecule has 0 aliphatic carbocycles. The summed E-state index contributed by atoms with van der Waals surface area (Å²) in [5.74, 6) is -0.515. The van der Waals surface area contributed by atoms with Gasteiger partial charge in [0.25, 0.3) is 0 Å². The molecule has 1 amide bonds. The largest absolute Gasteiger partial charge is 0.323 e. The molecule has 0 aromatic heterocycles. The molecule has 1 atom stereocenters. The van der Waals surface area contributed by atoms with E-state index in [0.29, 0.717) is 21.4 Å². The van der Waals surface area contributed by atoms with Crippen molar-refractivity contribution in [3.05, 3.63) is 57.6 Å². The summed E-state index contributed by atoms with van der Waals surface area (Å²) in [6.07, 6.45) is 1.07. The Bertz CT molecular complexity index is 925. The highest BCUT2D eigenvalue weighted by atomic mass is 35.5. The van der Waals surface area contributed by atoms with E-state index in [1.54, 1.807) is 24.3 Å². The van der Waals surface area contributed by atoms with Crippen molar-refractivity contribution in [3.63, 3.8) is 0 Å². The Morgan fingerprint density at radius 3 is 2.19 bits per heavy atom. The van der Waals surface area contributed by atoms with Gasteiger partial charge in [-0.2, -0.15) is 0 Å². The summed E-state index contributed by atoms with van der Waals surface area (Å²) in [6.45, 7) is 5.26. The molecule has 0 saturated carbocycles. The van der Waals surface area contributed by atoms with Gasteiger partial charge in [0.2, 0.25) is 15.9 Å². The predicted molar refractivity (Wildman–Crippen MR) is 108 cm³/mol. The Morgan fingerprint density at radius 2 is 1.65 bits per heavy atom. The van der Waals surface area contributed by atoms with Gasteiger partial charge >= 0.3 is 0 Å². The van der Waals surface area contributed by atoms with Gasteiger partial charge in [-0.15, -0.1) is 0 Å². The molecule has 0 aliphatic heterocycles. The van der Waals surface area contributed by atoms with E-state index in [0.717, 1.165) is 21.7 Å². The van der Waals surface area contributed by atoms with Crippen LogP contribution >= 0.6 is 23.2 Å². The molecule has 0 fully saturated rings. The third kappa shape index (κ3) is 4.90. The normalized spacial score (nSPS) is 12.5. The first-order valence-electron chi connectivity index (χ1n) is 7.82. The van der Waals surface area contributed by atoms with Crippen molar-refractivity contribution < 1.29 is 13.2 Å². The van der Waals surface area contributed by atoms with E-state index >= 15 is 0 Å². The molecular weight excluding hydrogens is 395 g/mol. The van der Waals surface area contributed by atoms with Gasteiger partial charge in [-0.3, -0.25) is 9.10 Å². The number of hydrogen-bond acceptors (Lipinski definition) is 3. The van der Waals surface area contributed by atoms with Gasteiger partial charge < -0.3 is 5.32 Å². The molecule has 140 valence electrons. The number of rotatable bonds is 5. The second-order valence-corrected chi connectivity index (χ2v) is 8.90. The fraction of sp³-hybridized carbons (Fsp3) is 0.278. The van der Waals surface area contributed by atoms with Crippen LogP contribution in [0.4, 0.5) is 11.4 Å². The first kappa shape index (κ1) is 20.6. The Kier molecular flexibility index (Phi) is 6.21. The van der Waals surface area contributed by atoms with Crippen LogP contribution in [0.3, 0.4) is 0 Å². The number of aryl methyl sites for hydroxylation is 2. The maximum Gasteiger partial charge on any atom is 0.248 e. The topological polar surface area (TPSA) is 66.5 Å². The lowest BCUT2D eigenvalue weighted by Gasteiger charge is -2.29. The van der Waals surface area contributed by atoms with E-state index in [2.05, 4.69) is 5.32 Å². The van der Waals surface area contributed by atoms with E-state index in [4.69, 9.17) is 23.2 Å². The van der Waals surface area contributed by atoms with E-state index in [-0.39, 0.29) is 0 Å². The van der Waals surface area contributed by atoms with E-state index < -0.39 is 22.0 Å². The fourth-order valence-electron chi connectivity index (χ4n) is 2.72. The van der Waals surface area contributed by atoms with E-state index in [9.17, 15) is 13.2 Å². The summed E-state index contributed by atoms with van der Waals surface area (Å²) in [5, 5.41) is 3.36. The molecule has 0 spiro atoms. The Morgan fingerprint density at radius 1 is 1.08 bits per heavy atom. The minimum absolute atomic E-state index is 0.312. The molecule has 0 radical (unpaired) electrons. The van der Waals surface area contributed by atoms with Gasteiger partial charge in [0.15, 0.2) is 0 Å². The first-order chi connectivity index (χ1) is 12.0. The van der Waals surface area contributed by atoms with Crippen LogP contribution in [-0.2, 0) is 14.8 Å². The van der Waals surface area contributed by atoms with Crippen LogP contribution in [-0.4, -0.2) is 26.6 Å². The van der Waals surface area contributed by atoms with Crippen molar-refractivity contribution in [3.8, 4) is 0 Å². The highest BCUT2D eigenvalue weighted by Crippen LogP contribution is 2.27. The highest BCUT2D eigenvalue weighted by Gasteiger charge is 2.29. The van der Waals surface area contributed by atoms with Crippen molar-refractivity contribution in [1.82, 2.24) is 0 Å². The fourth-order valence-corrected chi connectivity index (χ4v) is 4.21. The van der Waals surface area contributed by atoms with Crippen molar-refractivity contribution in [2.24, 2.45) is 0 Å². The van der Waals surface area contributed by atoms with E-state index in [1.807, 2.05) is 19.9 Å². The Labute approximate surface area is 164 Å². The zero-order chi connectivity index (χ0) is 19.6. The summed E-state index contributed by atoms with van der Waals surface area (Å²) in [4.78, 5) is 12.7. The van der Waals surface area contributed by atoms with Crippen LogP contribution in [0.2, 0.25) is 10.0 Å². The molecule has 2 rings (SSSR count). The zero-order valence-corrected chi connectivity index (χ0v) is 17.2. The maximum atomic E-state index is 12.7. The molecule has 0 aliphatic rings. The SMILES string of the molecule is Cc1cc(C)cc(N([C@@H](C)C(=O)Nc2cc(Cl)ccc2Cl)S(C)(=O)=O)c1. The maximum absolute atomic E-state index is 12.7. The number of carbonyl (C=O) groups is 1. The second-order valence-electron chi connectivity index (χ2n) is 6.19. The lowest BCUT2D eigenvalue weighted by molar-refractivity contribution is -0.116. The molecule has 2 aromatic rings. The average Bonchev–Trinajstić information content (AvgIpc) is 2.48. The van der Waals surface area contributed by atoms with Crippen LogP contribution in [0.5, 0.6) is 0 Å². The first-order valence-corrected chi connectivity index (χ1v) is 10.4. The molecule has 0 heterocycles. The average molecular weight is 415 g/mol. The van der Waals surface area contributed by atoms with Crippen LogP contribution < -0.4 is 9.62 Å². The lowest BCUT2D eigenvalue weighted by atomic mass is 10.1. The van der Waals surface area contributed by atoms with Crippen LogP contribution in [0.15, 0.2) is 36.4 Å². The number of hydrogen-bond donors (Lipinski definition) is 1. The van der Waals surface area contributed by atoms with Gasteiger partial charge in [-0.05, 0) is 62.2 Å². The molecule has 26 heavy (non-hydrogen) atoms. The van der Waals surface area contributed by atoms with E-state index in [1.165, 1.54) is 13.0 Å². The molecule has 0 saturated heterocycles. The van der Waals surface area contributed by atoms with Gasteiger partial charge in [0.1, 0.15) is 6.04 Å². The van der Waals surface area contributed by atoms with Crippen molar-refractivity contribution in [1.29, 1.82) is 0 Å². The van der Waals surface area contributed by atoms with Crippen molar-refractivity contribution >= 4 is 50.5 Å². The minimum Gasteiger partial charge on any atom is -0.323 e. The standard InChI is InChI=1S/C18H20Cl2N2O3S/c1-11-7-12(2)9-15(8-11)22(26(4,24)25)13(3)18(23)21-17-10-14(19)5-6-16(17)20/h5-10,13H,1-4H3,(H,21,23)/t13-/m0/s1. The highest BCUT2D eigenvalue weighted by molar-refractivity contribution is 7.92. The van der Waals surface area contributed by atoms with Crippen molar-refractivity contribution in [2.45, 2.75) is 26.8 Å². The lowest BCUT2D eigenvalue weighted by Crippen LogP contribution is -2.45. The quantitative estimate of drug-likeness (QED) is 0.787. The number of nitrogens with zero attached hydrogens (tertiary/aromatic N) is 1. The van der Waals surface area contributed by atoms with Crippen molar-refractivity contribution in [2.75, 3.05) is 15.9 Å². The van der Waals surface area contributed by atoms with Gasteiger partial charge in [0, 0.05) is 5.02 Å². The monoisotopic (exact) mass is 414 g/mol. The number of nitrogens with one attached hydrogen (secondary N) is 1. The summed E-state index contributed by atoms with van der Waals surface area (Å²) in [7, 11) is -3.69. The minimum atomic E-state index is -3.69. The Hall–Kier alpha value is -1.76. The zero-order valence-electron chi connectivity index (χ0n) is 14.9. The third-order valence-corrected chi connectivity index (χ3v) is 5.54. The molecule has 0 bridgehead atoms. The van der Waals surface area contributed by atoms with Gasteiger partial charge in [0.05, 0.1) is 22.7 Å². The Balaban J connectivity index is 2.39. The van der Waals surface area contributed by atoms with Gasteiger partial charge in [-0.25, -0.2) is 8.42 Å². The number of carbonyl (C=O) groups excluding carboxylic acids is 1. The number of halogens is 2. The molecule has 2 aromatic carbocycles. The number of anilines is 2. The number of amides is 1. The molecule has 0 unspecified atom stereocenters. The number of benzene rings is 2. The molecule has 1 N–H and O–H groups in total. The number of sulfonamides is 1. The van der Waals surface area contributed by atoms with Gasteiger partial charge in [-0.1, -0.05) is 29.3 Å². The predicted octanol–water partition coefficient (Wildman–Crippen LogP) is 4.40. The summed E-state index contributed by atoms with van der Waals surface area (Å²) in [6, 6.07) is 9.07. The van der Waals surface area contributed by atoms with Crippen LogP contribution in [0.1, 0.15) is 18.1 Å². The summed E-state index contributed by atoms with van der Waals surface area (Å²) < 4.78 is 25.8. The van der Waals surface area contributed by atoms with Crippen LogP contribution in [0.25, 0.3) is 0 Å². The summed E-state index contributed by atoms with van der Waals surface area (Å²) in [5.41, 5.74) is 2.56. The molecule has 8 heteroatoms. The summed E-state index contributed by atoms with van der Waals surface area (Å²) >= 11 is 12.0. The molecule has 5 nitrogen and oxygen atoms in total. The molecular formula is C18H20Cl2N2O3S. The third-order valence-electron chi connectivity index (χ3n) is 3.74. The van der Waals surface area contributed by atoms with Crippen LogP contribution in [0, 0.1) is 13.8 Å².